The number of anilines is 1. The van der Waals surface area contributed by atoms with Crippen molar-refractivity contribution in [2.75, 3.05) is 31.2 Å². The van der Waals surface area contributed by atoms with Gasteiger partial charge in [0, 0.05) is 30.0 Å². The number of nitrogens with two attached hydrogens (primary N) is 2. The van der Waals surface area contributed by atoms with E-state index in [2.05, 4.69) is 29.2 Å². The van der Waals surface area contributed by atoms with Crippen LogP contribution < -0.4 is 16.4 Å². The van der Waals surface area contributed by atoms with E-state index < -0.39 is 0 Å². The molecule has 4 heteroatoms. The lowest BCUT2D eigenvalue weighted by atomic mass is 9.84. The first-order chi connectivity index (χ1) is 10.2. The maximum Gasteiger partial charge on any atom is 0.0642 e. The van der Waals surface area contributed by atoms with E-state index in [1.54, 1.807) is 0 Å². The van der Waals surface area contributed by atoms with Gasteiger partial charge in [-0.15, -0.1) is 0 Å². The molecular formula is C17H23N3O. The molecule has 0 bridgehead atoms. The highest BCUT2D eigenvalue weighted by Crippen LogP contribution is 2.28. The van der Waals surface area contributed by atoms with Crippen LogP contribution in [0.15, 0.2) is 48.2 Å². The van der Waals surface area contributed by atoms with Crippen molar-refractivity contribution in [3.05, 3.63) is 53.8 Å². The van der Waals surface area contributed by atoms with Gasteiger partial charge < -0.3 is 21.1 Å². The largest absolute Gasteiger partial charge is 0.399 e. The van der Waals surface area contributed by atoms with Crippen LogP contribution in [0.1, 0.15) is 12.0 Å². The van der Waals surface area contributed by atoms with E-state index in [0.29, 0.717) is 0 Å². The molecule has 1 heterocycles. The summed E-state index contributed by atoms with van der Waals surface area (Å²) in [5.41, 5.74) is 15.3. The summed E-state index contributed by atoms with van der Waals surface area (Å²) in [4.78, 5) is 2.39. The zero-order chi connectivity index (χ0) is 14.7. The van der Waals surface area contributed by atoms with Crippen LogP contribution in [0.3, 0.4) is 0 Å². The Morgan fingerprint density at radius 2 is 1.95 bits per heavy atom. The Bertz CT molecular complexity index is 561. The van der Waals surface area contributed by atoms with Crippen LogP contribution in [0.25, 0.3) is 0 Å². The molecule has 1 saturated heterocycles. The molecule has 1 aromatic rings. The molecule has 1 aromatic carbocycles. The molecule has 0 saturated carbocycles. The molecule has 2 aliphatic rings. The van der Waals surface area contributed by atoms with Crippen molar-refractivity contribution in [1.82, 2.24) is 0 Å². The molecular weight excluding hydrogens is 262 g/mol. The Morgan fingerprint density at radius 1 is 1.19 bits per heavy atom. The lowest BCUT2D eigenvalue weighted by molar-refractivity contribution is 0.122. The van der Waals surface area contributed by atoms with E-state index in [9.17, 15) is 0 Å². The normalized spacial score (nSPS) is 25.8. The van der Waals surface area contributed by atoms with Gasteiger partial charge in [-0.3, -0.25) is 0 Å². The van der Waals surface area contributed by atoms with Gasteiger partial charge in [-0.1, -0.05) is 30.4 Å². The summed E-state index contributed by atoms with van der Waals surface area (Å²) in [7, 11) is 0. The summed E-state index contributed by atoms with van der Waals surface area (Å²) in [5.74, 6) is 0. The molecule has 0 aromatic heterocycles. The van der Waals surface area contributed by atoms with Crippen LogP contribution in [-0.4, -0.2) is 31.8 Å². The summed E-state index contributed by atoms with van der Waals surface area (Å²) in [6.45, 7) is 3.47. The van der Waals surface area contributed by atoms with E-state index in [1.807, 2.05) is 18.2 Å². The standard InChI is InChI=1S/C17H23N3O/c18-15-5-7-17(19,8-6-15)13-14-3-1-2-4-16(14)20-9-11-21-12-10-20/h1-7H,8-13,18-19H2. The number of nitrogens with zero attached hydrogens (tertiary/aromatic N) is 1. The van der Waals surface area contributed by atoms with Crippen LogP contribution in [0.5, 0.6) is 0 Å². The smallest absolute Gasteiger partial charge is 0.0642 e. The molecule has 0 amide bonds. The topological polar surface area (TPSA) is 64.5 Å². The molecule has 4 nitrogen and oxygen atoms in total. The molecule has 21 heavy (non-hydrogen) atoms. The Morgan fingerprint density at radius 3 is 2.67 bits per heavy atom. The van der Waals surface area contributed by atoms with Crippen molar-refractivity contribution in [2.24, 2.45) is 11.5 Å². The second-order valence-electron chi connectivity index (χ2n) is 5.88. The summed E-state index contributed by atoms with van der Waals surface area (Å²) in [6, 6.07) is 8.53. The zero-order valence-electron chi connectivity index (χ0n) is 12.3. The third-order valence-corrected chi connectivity index (χ3v) is 4.19. The fourth-order valence-electron chi connectivity index (χ4n) is 2.96. The molecule has 0 radical (unpaired) electrons. The van der Waals surface area contributed by atoms with Crippen LogP contribution in [0, 0.1) is 0 Å². The Kier molecular flexibility index (Phi) is 3.99. The number of morpholine rings is 1. The van der Waals surface area contributed by atoms with Gasteiger partial charge in [-0.05, 0) is 30.5 Å². The number of benzene rings is 1. The average molecular weight is 285 g/mol. The molecule has 4 N–H and O–H groups in total. The minimum atomic E-state index is -0.342. The zero-order valence-corrected chi connectivity index (χ0v) is 12.3. The van der Waals surface area contributed by atoms with E-state index in [0.717, 1.165) is 44.8 Å². The summed E-state index contributed by atoms with van der Waals surface area (Å²) < 4.78 is 5.44. The molecule has 0 spiro atoms. The van der Waals surface area contributed by atoms with Gasteiger partial charge in [0.1, 0.15) is 0 Å². The lowest BCUT2D eigenvalue weighted by Gasteiger charge is -2.33. The highest BCUT2D eigenvalue weighted by atomic mass is 16.5. The van der Waals surface area contributed by atoms with Gasteiger partial charge in [0.2, 0.25) is 0 Å². The van der Waals surface area contributed by atoms with Gasteiger partial charge in [0.15, 0.2) is 0 Å². The van der Waals surface area contributed by atoms with Crippen molar-refractivity contribution < 1.29 is 4.74 Å². The van der Waals surface area contributed by atoms with Crippen molar-refractivity contribution in [2.45, 2.75) is 18.4 Å². The van der Waals surface area contributed by atoms with E-state index in [-0.39, 0.29) is 5.54 Å². The third-order valence-electron chi connectivity index (χ3n) is 4.19. The van der Waals surface area contributed by atoms with Gasteiger partial charge in [0.25, 0.3) is 0 Å². The number of hydrogen-bond donors (Lipinski definition) is 2. The number of allylic oxidation sites excluding steroid dienone is 1. The molecule has 1 aliphatic heterocycles. The fraction of sp³-hybridized carbons (Fsp3) is 0.412. The van der Waals surface area contributed by atoms with Crippen LogP contribution in [0.2, 0.25) is 0 Å². The number of para-hydroxylation sites is 1. The third kappa shape index (κ3) is 3.28. The van der Waals surface area contributed by atoms with Gasteiger partial charge >= 0.3 is 0 Å². The molecule has 1 atom stereocenters. The van der Waals surface area contributed by atoms with Gasteiger partial charge in [-0.25, -0.2) is 0 Å². The second kappa shape index (κ2) is 5.92. The van der Waals surface area contributed by atoms with E-state index in [4.69, 9.17) is 16.2 Å². The Hall–Kier alpha value is -1.78. The highest BCUT2D eigenvalue weighted by molar-refractivity contribution is 5.55. The number of rotatable bonds is 3. The fourth-order valence-corrected chi connectivity index (χ4v) is 2.96. The monoisotopic (exact) mass is 285 g/mol. The first kappa shape index (κ1) is 14.2. The highest BCUT2D eigenvalue weighted by Gasteiger charge is 2.25. The summed E-state index contributed by atoms with van der Waals surface area (Å²) >= 11 is 0. The lowest BCUT2D eigenvalue weighted by Crippen LogP contribution is -2.42. The molecule has 1 unspecified atom stereocenters. The second-order valence-corrected chi connectivity index (χ2v) is 5.88. The van der Waals surface area contributed by atoms with Crippen molar-refractivity contribution >= 4 is 5.69 Å². The quantitative estimate of drug-likeness (QED) is 0.885. The predicted octanol–water partition coefficient (Wildman–Crippen LogP) is 1.57. The summed E-state index contributed by atoms with van der Waals surface area (Å²) in [6.07, 6.45) is 7.57. The van der Waals surface area contributed by atoms with Crippen LogP contribution in [0.4, 0.5) is 5.69 Å². The SMILES string of the molecule is NC1=CCC(N)(Cc2ccccc2N2CCOCC2)C=C1. The molecule has 1 fully saturated rings. The average Bonchev–Trinajstić information content (AvgIpc) is 2.52. The molecule has 3 rings (SSSR count). The minimum absolute atomic E-state index is 0.342. The maximum atomic E-state index is 6.52. The number of ether oxygens (including phenoxy) is 1. The first-order valence-electron chi connectivity index (χ1n) is 7.51. The van der Waals surface area contributed by atoms with Crippen molar-refractivity contribution in [3.63, 3.8) is 0 Å². The van der Waals surface area contributed by atoms with Crippen LogP contribution >= 0.6 is 0 Å². The molecule has 1 aliphatic carbocycles. The van der Waals surface area contributed by atoms with Gasteiger partial charge in [0.05, 0.1) is 13.2 Å². The first-order valence-corrected chi connectivity index (χ1v) is 7.51. The predicted molar refractivity (Wildman–Crippen MR) is 86.1 cm³/mol. The summed E-state index contributed by atoms with van der Waals surface area (Å²) in [5, 5.41) is 0. The number of hydrogen-bond acceptors (Lipinski definition) is 4. The van der Waals surface area contributed by atoms with Crippen molar-refractivity contribution in [3.8, 4) is 0 Å². The van der Waals surface area contributed by atoms with Gasteiger partial charge in [-0.2, -0.15) is 0 Å². The maximum absolute atomic E-state index is 6.52. The molecule has 112 valence electrons. The Labute approximate surface area is 126 Å². The Balaban J connectivity index is 1.81. The van der Waals surface area contributed by atoms with Crippen LogP contribution in [-0.2, 0) is 11.2 Å². The van der Waals surface area contributed by atoms with E-state index >= 15 is 0 Å². The minimum Gasteiger partial charge on any atom is -0.399 e. The van der Waals surface area contributed by atoms with E-state index in [1.165, 1.54) is 11.3 Å². The van der Waals surface area contributed by atoms with Crippen molar-refractivity contribution in [1.29, 1.82) is 0 Å².